The molecule has 1 fully saturated rings. The number of hydrogen-bond donors (Lipinski definition) is 0. The Bertz CT molecular complexity index is 606. The summed E-state index contributed by atoms with van der Waals surface area (Å²) in [4.78, 5) is 0. The monoisotopic (exact) mass is 296 g/mol. The Kier molecular flexibility index (Phi) is 4.79. The van der Waals surface area contributed by atoms with Crippen molar-refractivity contribution in [3.05, 3.63) is 65.2 Å². The highest BCUT2D eigenvalue weighted by molar-refractivity contribution is 5.35. The maximum atomic E-state index is 5.88. The zero-order valence-corrected chi connectivity index (χ0v) is 13.4. The second kappa shape index (κ2) is 6.97. The number of benzene rings is 2. The summed E-state index contributed by atoms with van der Waals surface area (Å²) in [5.74, 6) is 0.944. The minimum Gasteiger partial charge on any atom is -0.489 e. The Balaban J connectivity index is 1.53. The maximum absolute atomic E-state index is 5.88. The summed E-state index contributed by atoms with van der Waals surface area (Å²) in [6, 6.07) is 16.7. The van der Waals surface area contributed by atoms with Crippen LogP contribution in [0.4, 0.5) is 0 Å². The predicted octanol–water partition coefficient (Wildman–Crippen LogP) is 4.68. The SMILES string of the molecule is CCC1OC1CCc1ccc(OCc2ccccc2)cc1C. The van der Waals surface area contributed by atoms with E-state index in [1.165, 1.54) is 16.7 Å². The molecule has 0 saturated carbocycles. The van der Waals surface area contributed by atoms with Crippen molar-refractivity contribution in [2.75, 3.05) is 0 Å². The summed E-state index contributed by atoms with van der Waals surface area (Å²) in [5, 5.41) is 0. The molecule has 2 heteroatoms. The van der Waals surface area contributed by atoms with Crippen molar-refractivity contribution in [2.24, 2.45) is 0 Å². The molecule has 2 atom stereocenters. The number of rotatable bonds is 7. The molecule has 0 bridgehead atoms. The van der Waals surface area contributed by atoms with Gasteiger partial charge in [-0.2, -0.15) is 0 Å². The van der Waals surface area contributed by atoms with Gasteiger partial charge < -0.3 is 9.47 Å². The highest BCUT2D eigenvalue weighted by Crippen LogP contribution is 2.30. The molecule has 1 aliphatic rings. The number of aryl methyl sites for hydroxylation is 2. The molecule has 0 amide bonds. The lowest BCUT2D eigenvalue weighted by Crippen LogP contribution is -1.99. The van der Waals surface area contributed by atoms with Crippen LogP contribution in [-0.4, -0.2) is 12.2 Å². The highest BCUT2D eigenvalue weighted by atomic mass is 16.6. The first-order valence-electron chi connectivity index (χ1n) is 8.18. The van der Waals surface area contributed by atoms with Gasteiger partial charge in [-0.3, -0.25) is 0 Å². The summed E-state index contributed by atoms with van der Waals surface area (Å²) in [7, 11) is 0. The lowest BCUT2D eigenvalue weighted by molar-refractivity contribution is 0.306. The maximum Gasteiger partial charge on any atom is 0.120 e. The molecule has 0 aliphatic carbocycles. The van der Waals surface area contributed by atoms with Crippen LogP contribution in [0.1, 0.15) is 36.5 Å². The molecule has 0 spiro atoms. The van der Waals surface area contributed by atoms with E-state index < -0.39 is 0 Å². The molecule has 1 heterocycles. The van der Waals surface area contributed by atoms with Gasteiger partial charge in [0.25, 0.3) is 0 Å². The van der Waals surface area contributed by atoms with Crippen molar-refractivity contribution in [3.63, 3.8) is 0 Å². The molecule has 1 aliphatic heterocycles. The molecule has 0 radical (unpaired) electrons. The summed E-state index contributed by atoms with van der Waals surface area (Å²) in [6.07, 6.45) is 4.35. The first-order valence-corrected chi connectivity index (χ1v) is 8.18. The van der Waals surface area contributed by atoms with E-state index in [0.717, 1.165) is 25.0 Å². The molecule has 2 aromatic rings. The molecule has 2 nitrogen and oxygen atoms in total. The zero-order valence-electron chi connectivity index (χ0n) is 13.4. The number of ether oxygens (including phenoxy) is 2. The van der Waals surface area contributed by atoms with Gasteiger partial charge in [0.05, 0.1) is 12.2 Å². The fourth-order valence-corrected chi connectivity index (χ4v) is 2.87. The van der Waals surface area contributed by atoms with Crippen LogP contribution < -0.4 is 4.74 Å². The third-order valence-electron chi connectivity index (χ3n) is 4.35. The first-order chi connectivity index (χ1) is 10.8. The summed E-state index contributed by atoms with van der Waals surface area (Å²) in [6.45, 7) is 4.97. The van der Waals surface area contributed by atoms with Crippen LogP contribution in [0.15, 0.2) is 48.5 Å². The molecular formula is C20H24O2. The Hall–Kier alpha value is -1.80. The van der Waals surface area contributed by atoms with Crippen molar-refractivity contribution in [1.29, 1.82) is 0 Å². The van der Waals surface area contributed by atoms with Crippen molar-refractivity contribution < 1.29 is 9.47 Å². The number of epoxide rings is 1. The van der Waals surface area contributed by atoms with E-state index in [1.807, 2.05) is 18.2 Å². The average molecular weight is 296 g/mol. The van der Waals surface area contributed by atoms with Crippen LogP contribution in [0.25, 0.3) is 0 Å². The van der Waals surface area contributed by atoms with E-state index in [0.29, 0.717) is 18.8 Å². The largest absolute Gasteiger partial charge is 0.489 e. The van der Waals surface area contributed by atoms with Gasteiger partial charge in [-0.05, 0) is 55.0 Å². The van der Waals surface area contributed by atoms with Gasteiger partial charge in [0, 0.05) is 0 Å². The predicted molar refractivity (Wildman–Crippen MR) is 89.2 cm³/mol. The topological polar surface area (TPSA) is 21.8 Å². The Morgan fingerprint density at radius 1 is 1.05 bits per heavy atom. The van der Waals surface area contributed by atoms with Crippen LogP contribution in [-0.2, 0) is 17.8 Å². The molecule has 2 unspecified atom stereocenters. The fourth-order valence-electron chi connectivity index (χ4n) is 2.87. The van der Waals surface area contributed by atoms with Crippen LogP contribution in [0, 0.1) is 6.92 Å². The Morgan fingerprint density at radius 3 is 2.55 bits per heavy atom. The third-order valence-corrected chi connectivity index (χ3v) is 4.35. The quantitative estimate of drug-likeness (QED) is 0.692. The van der Waals surface area contributed by atoms with Gasteiger partial charge in [-0.25, -0.2) is 0 Å². The van der Waals surface area contributed by atoms with E-state index in [1.54, 1.807) is 0 Å². The van der Waals surface area contributed by atoms with E-state index >= 15 is 0 Å². The fraction of sp³-hybridized carbons (Fsp3) is 0.400. The second-order valence-electron chi connectivity index (χ2n) is 6.02. The van der Waals surface area contributed by atoms with Crippen molar-refractivity contribution in [2.45, 2.75) is 51.9 Å². The van der Waals surface area contributed by atoms with Crippen LogP contribution in [0.2, 0.25) is 0 Å². The van der Waals surface area contributed by atoms with Crippen molar-refractivity contribution in [3.8, 4) is 5.75 Å². The van der Waals surface area contributed by atoms with Crippen LogP contribution in [0.5, 0.6) is 5.75 Å². The van der Waals surface area contributed by atoms with Crippen LogP contribution >= 0.6 is 0 Å². The van der Waals surface area contributed by atoms with Crippen LogP contribution in [0.3, 0.4) is 0 Å². The molecule has 3 rings (SSSR count). The standard InChI is InChI=1S/C20H24O2/c1-3-19-20(22-19)12-10-17-9-11-18(13-15(17)2)21-14-16-7-5-4-6-8-16/h4-9,11,13,19-20H,3,10,12,14H2,1-2H3. The van der Waals surface area contributed by atoms with Gasteiger partial charge in [-0.1, -0.05) is 43.3 Å². The van der Waals surface area contributed by atoms with E-state index in [9.17, 15) is 0 Å². The van der Waals surface area contributed by atoms with Gasteiger partial charge >= 0.3 is 0 Å². The molecule has 0 aromatic heterocycles. The average Bonchev–Trinajstić information content (AvgIpc) is 3.32. The summed E-state index contributed by atoms with van der Waals surface area (Å²) < 4.78 is 11.5. The van der Waals surface area contributed by atoms with E-state index in [4.69, 9.17) is 9.47 Å². The van der Waals surface area contributed by atoms with Gasteiger partial charge in [0.1, 0.15) is 12.4 Å². The lowest BCUT2D eigenvalue weighted by Gasteiger charge is -2.10. The Morgan fingerprint density at radius 2 is 1.86 bits per heavy atom. The van der Waals surface area contributed by atoms with Gasteiger partial charge in [0.15, 0.2) is 0 Å². The molecule has 2 aromatic carbocycles. The van der Waals surface area contributed by atoms with E-state index in [2.05, 4.69) is 44.2 Å². The van der Waals surface area contributed by atoms with Crippen molar-refractivity contribution >= 4 is 0 Å². The highest BCUT2D eigenvalue weighted by Gasteiger charge is 2.36. The zero-order chi connectivity index (χ0) is 15.4. The minimum absolute atomic E-state index is 0.485. The smallest absolute Gasteiger partial charge is 0.120 e. The number of hydrogen-bond acceptors (Lipinski definition) is 2. The normalized spacial score (nSPS) is 19.9. The van der Waals surface area contributed by atoms with Crippen molar-refractivity contribution in [1.82, 2.24) is 0 Å². The second-order valence-corrected chi connectivity index (χ2v) is 6.02. The molecule has 116 valence electrons. The summed E-state index contributed by atoms with van der Waals surface area (Å²) >= 11 is 0. The first kappa shape index (κ1) is 15.1. The Labute approximate surface area is 133 Å². The van der Waals surface area contributed by atoms with Gasteiger partial charge in [-0.15, -0.1) is 0 Å². The van der Waals surface area contributed by atoms with E-state index in [-0.39, 0.29) is 0 Å². The molecule has 1 saturated heterocycles. The third kappa shape index (κ3) is 3.89. The molecule has 0 N–H and O–H groups in total. The van der Waals surface area contributed by atoms with Gasteiger partial charge in [0.2, 0.25) is 0 Å². The molecule has 22 heavy (non-hydrogen) atoms. The lowest BCUT2D eigenvalue weighted by atomic mass is 10.0. The summed E-state index contributed by atoms with van der Waals surface area (Å²) in [5.41, 5.74) is 3.90. The minimum atomic E-state index is 0.485. The molecular weight excluding hydrogens is 272 g/mol.